The van der Waals surface area contributed by atoms with E-state index in [0.29, 0.717) is 24.8 Å². The number of carbonyl (C=O) groups excluding carboxylic acids is 1. The summed E-state index contributed by atoms with van der Waals surface area (Å²) in [5.41, 5.74) is 1.22. The molecule has 1 amide bonds. The zero-order valence-corrected chi connectivity index (χ0v) is 15.4. The molecular formula is C20H27N3O3. The summed E-state index contributed by atoms with van der Waals surface area (Å²) in [6, 6.07) is 7.25. The molecule has 0 spiro atoms. The Labute approximate surface area is 154 Å². The molecule has 0 saturated carbocycles. The van der Waals surface area contributed by atoms with E-state index in [9.17, 15) is 4.79 Å². The summed E-state index contributed by atoms with van der Waals surface area (Å²) in [7, 11) is 1.99. The first-order chi connectivity index (χ1) is 12.7. The Morgan fingerprint density at radius 1 is 0.962 bits per heavy atom. The number of nitrogens with zero attached hydrogens (tertiary/aromatic N) is 3. The highest BCUT2D eigenvalue weighted by atomic mass is 16.7. The summed E-state index contributed by atoms with van der Waals surface area (Å²) < 4.78 is 10.9. The maximum absolute atomic E-state index is 12.4. The lowest BCUT2D eigenvalue weighted by Gasteiger charge is -2.39. The van der Waals surface area contributed by atoms with Crippen molar-refractivity contribution in [2.45, 2.75) is 37.8 Å². The number of carbonyl (C=O) groups is 1. The highest BCUT2D eigenvalue weighted by Gasteiger charge is 2.41. The van der Waals surface area contributed by atoms with Gasteiger partial charge in [-0.3, -0.25) is 9.69 Å². The number of ether oxygens (including phenoxy) is 2. The van der Waals surface area contributed by atoms with Crippen molar-refractivity contribution in [1.29, 1.82) is 0 Å². The molecular weight excluding hydrogens is 330 g/mol. The van der Waals surface area contributed by atoms with Crippen LogP contribution in [0.15, 0.2) is 18.2 Å². The van der Waals surface area contributed by atoms with Crippen molar-refractivity contribution in [3.8, 4) is 11.5 Å². The summed E-state index contributed by atoms with van der Waals surface area (Å²) in [5, 5.41) is 0. The van der Waals surface area contributed by atoms with Gasteiger partial charge in [-0.25, -0.2) is 0 Å². The van der Waals surface area contributed by atoms with Gasteiger partial charge in [-0.2, -0.15) is 0 Å². The number of rotatable bonds is 2. The number of piperidine rings is 2. The Morgan fingerprint density at radius 2 is 1.77 bits per heavy atom. The molecule has 2 atom stereocenters. The van der Waals surface area contributed by atoms with Gasteiger partial charge in [0.05, 0.1) is 5.92 Å². The average molecular weight is 357 g/mol. The zero-order valence-electron chi connectivity index (χ0n) is 15.4. The number of hydrogen-bond donors (Lipinski definition) is 0. The van der Waals surface area contributed by atoms with E-state index in [1.807, 2.05) is 18.0 Å². The number of anilines is 1. The van der Waals surface area contributed by atoms with Crippen LogP contribution in [-0.4, -0.2) is 67.8 Å². The largest absolute Gasteiger partial charge is 0.454 e. The van der Waals surface area contributed by atoms with Crippen molar-refractivity contribution in [1.82, 2.24) is 9.80 Å². The maximum atomic E-state index is 12.4. The maximum Gasteiger partial charge on any atom is 0.231 e. The first-order valence-electron chi connectivity index (χ1n) is 9.84. The molecule has 1 aromatic rings. The molecule has 4 fully saturated rings. The first kappa shape index (κ1) is 16.2. The molecule has 0 aliphatic carbocycles. The second-order valence-electron chi connectivity index (χ2n) is 8.09. The van der Waals surface area contributed by atoms with Gasteiger partial charge in [-0.05, 0) is 37.8 Å². The second-order valence-corrected chi connectivity index (χ2v) is 8.09. The molecule has 0 aromatic heterocycles. The van der Waals surface area contributed by atoms with Gasteiger partial charge in [0.25, 0.3) is 0 Å². The summed E-state index contributed by atoms with van der Waals surface area (Å²) in [5.74, 6) is 2.28. The quantitative estimate of drug-likeness (QED) is 0.809. The molecule has 0 radical (unpaired) electrons. The topological polar surface area (TPSA) is 45.3 Å². The predicted molar refractivity (Wildman–Crippen MR) is 98.7 cm³/mol. The summed E-state index contributed by atoms with van der Waals surface area (Å²) >= 11 is 0. The Bertz CT molecular complexity index is 702. The van der Waals surface area contributed by atoms with E-state index in [-0.39, 0.29) is 5.92 Å². The third-order valence-corrected chi connectivity index (χ3v) is 6.70. The van der Waals surface area contributed by atoms with Gasteiger partial charge < -0.3 is 19.3 Å². The van der Waals surface area contributed by atoms with Gasteiger partial charge in [-0.1, -0.05) is 0 Å². The highest BCUT2D eigenvalue weighted by Crippen LogP contribution is 2.37. The van der Waals surface area contributed by atoms with Crippen LogP contribution >= 0.6 is 0 Å². The molecule has 5 aliphatic heterocycles. The molecule has 2 bridgehead atoms. The van der Waals surface area contributed by atoms with E-state index in [4.69, 9.17) is 9.47 Å². The summed E-state index contributed by atoms with van der Waals surface area (Å²) in [6.07, 6.45) is 4.55. The van der Waals surface area contributed by atoms with Crippen LogP contribution in [0.25, 0.3) is 0 Å². The van der Waals surface area contributed by atoms with E-state index in [1.165, 1.54) is 12.1 Å². The molecule has 6 rings (SSSR count). The Morgan fingerprint density at radius 3 is 2.62 bits per heavy atom. The van der Waals surface area contributed by atoms with Crippen LogP contribution in [0.1, 0.15) is 25.7 Å². The lowest BCUT2D eigenvalue weighted by atomic mass is 9.95. The molecule has 4 saturated heterocycles. The van der Waals surface area contributed by atoms with Crippen LogP contribution in [0, 0.1) is 5.92 Å². The molecule has 0 N–H and O–H groups in total. The standard InChI is InChI=1S/C20H27N3O3/c1-21-17-3-2-14(20(21)24)11-23(12-17)15-6-8-22(9-7-15)16-4-5-18-19(10-16)26-13-25-18/h4-5,10,14-15,17H,2-3,6-9,11-13H2,1H3/t14-,17+/m0/s1. The van der Waals surface area contributed by atoms with Gasteiger partial charge in [-0.15, -0.1) is 0 Å². The molecule has 0 unspecified atom stereocenters. The van der Waals surface area contributed by atoms with Gasteiger partial charge in [0.2, 0.25) is 12.7 Å². The van der Waals surface area contributed by atoms with Crippen molar-refractivity contribution < 1.29 is 14.3 Å². The van der Waals surface area contributed by atoms with Crippen LogP contribution in [0.5, 0.6) is 11.5 Å². The Hall–Kier alpha value is -1.95. The minimum Gasteiger partial charge on any atom is -0.454 e. The number of amides is 1. The zero-order chi connectivity index (χ0) is 17.7. The lowest BCUT2D eigenvalue weighted by Crippen LogP contribution is -2.48. The van der Waals surface area contributed by atoms with Gasteiger partial charge >= 0.3 is 0 Å². The number of benzene rings is 1. The smallest absolute Gasteiger partial charge is 0.231 e. The van der Waals surface area contributed by atoms with Crippen molar-refractivity contribution in [2.75, 3.05) is 44.9 Å². The van der Waals surface area contributed by atoms with Crippen LogP contribution < -0.4 is 14.4 Å². The fraction of sp³-hybridized carbons (Fsp3) is 0.650. The van der Waals surface area contributed by atoms with Crippen LogP contribution in [-0.2, 0) is 4.79 Å². The average Bonchev–Trinajstić information content (AvgIpc) is 2.98. The van der Waals surface area contributed by atoms with Crippen molar-refractivity contribution in [2.24, 2.45) is 5.92 Å². The van der Waals surface area contributed by atoms with Crippen LogP contribution in [0.4, 0.5) is 5.69 Å². The number of fused-ring (bicyclic) bond motifs is 5. The van der Waals surface area contributed by atoms with E-state index >= 15 is 0 Å². The van der Waals surface area contributed by atoms with E-state index < -0.39 is 0 Å². The normalized spacial score (nSPS) is 29.3. The highest BCUT2D eigenvalue weighted by molar-refractivity contribution is 5.80. The third kappa shape index (κ3) is 2.71. The lowest BCUT2D eigenvalue weighted by molar-refractivity contribution is -0.138. The SMILES string of the molecule is CN1C(=O)[C@H]2CC[C@@H]1CN(C1CCN(c3ccc4c(c3)OCO4)CC1)C2. The molecule has 6 heteroatoms. The number of likely N-dealkylation sites (N-methyl/N-ethyl adjacent to an activating group) is 1. The van der Waals surface area contributed by atoms with E-state index in [2.05, 4.69) is 21.9 Å². The fourth-order valence-electron chi connectivity index (χ4n) is 5.06. The van der Waals surface area contributed by atoms with Crippen molar-refractivity contribution in [3.05, 3.63) is 18.2 Å². The first-order valence-corrected chi connectivity index (χ1v) is 9.84. The molecule has 140 valence electrons. The second kappa shape index (κ2) is 6.34. The number of hydrogen-bond acceptors (Lipinski definition) is 5. The van der Waals surface area contributed by atoms with E-state index in [1.54, 1.807) is 0 Å². The molecule has 6 nitrogen and oxygen atoms in total. The van der Waals surface area contributed by atoms with Gasteiger partial charge in [0.1, 0.15) is 0 Å². The molecule has 5 heterocycles. The van der Waals surface area contributed by atoms with E-state index in [0.717, 1.165) is 56.9 Å². The monoisotopic (exact) mass is 357 g/mol. The van der Waals surface area contributed by atoms with Crippen molar-refractivity contribution >= 4 is 11.6 Å². The Balaban J connectivity index is 1.24. The van der Waals surface area contributed by atoms with Crippen molar-refractivity contribution in [3.63, 3.8) is 0 Å². The summed E-state index contributed by atoms with van der Waals surface area (Å²) in [6.45, 7) is 4.44. The Kier molecular flexibility index (Phi) is 3.96. The van der Waals surface area contributed by atoms with Gasteiger partial charge in [0.15, 0.2) is 11.5 Å². The molecule has 5 aliphatic rings. The molecule has 1 aromatic carbocycles. The van der Waals surface area contributed by atoms with Crippen LogP contribution in [0.3, 0.4) is 0 Å². The fourth-order valence-corrected chi connectivity index (χ4v) is 5.06. The minimum atomic E-state index is 0.214. The summed E-state index contributed by atoms with van der Waals surface area (Å²) in [4.78, 5) is 19.5. The third-order valence-electron chi connectivity index (χ3n) is 6.70. The predicted octanol–water partition coefficient (Wildman–Crippen LogP) is 1.94. The molecule has 26 heavy (non-hydrogen) atoms. The van der Waals surface area contributed by atoms with Gasteiger partial charge in [0, 0.05) is 57.1 Å². The minimum absolute atomic E-state index is 0.214. The van der Waals surface area contributed by atoms with Crippen LogP contribution in [0.2, 0.25) is 0 Å².